The van der Waals surface area contributed by atoms with Crippen LogP contribution in [0, 0.1) is 0 Å². The van der Waals surface area contributed by atoms with Crippen LogP contribution >= 0.6 is 11.8 Å². The summed E-state index contributed by atoms with van der Waals surface area (Å²) < 4.78 is 5.22. The SMILES string of the molecule is COc1ccccc1Sc1ncc(N)cc1C(=O)O. The number of nitrogens with zero attached hydrogens (tertiary/aromatic N) is 1. The molecule has 0 amide bonds. The van der Waals surface area contributed by atoms with Crippen molar-refractivity contribution < 1.29 is 14.6 Å². The molecule has 0 aliphatic heterocycles. The van der Waals surface area contributed by atoms with Crippen molar-refractivity contribution in [2.75, 3.05) is 12.8 Å². The van der Waals surface area contributed by atoms with Crippen molar-refractivity contribution in [3.05, 3.63) is 42.1 Å². The summed E-state index contributed by atoms with van der Waals surface area (Å²) in [5, 5.41) is 9.54. The molecule has 3 N–H and O–H groups in total. The van der Waals surface area contributed by atoms with Gasteiger partial charge in [-0.2, -0.15) is 0 Å². The lowest BCUT2D eigenvalue weighted by Crippen LogP contribution is -2.02. The molecule has 98 valence electrons. The molecule has 5 nitrogen and oxygen atoms in total. The lowest BCUT2D eigenvalue weighted by Gasteiger charge is -2.09. The third kappa shape index (κ3) is 2.97. The van der Waals surface area contributed by atoms with Crippen molar-refractivity contribution in [3.8, 4) is 5.75 Å². The van der Waals surface area contributed by atoms with Gasteiger partial charge in [0.2, 0.25) is 0 Å². The number of aromatic carboxylic acids is 1. The maximum Gasteiger partial charge on any atom is 0.338 e. The van der Waals surface area contributed by atoms with Crippen LogP contribution in [0.25, 0.3) is 0 Å². The number of carboxylic acids is 1. The standard InChI is InChI=1S/C13H12N2O3S/c1-18-10-4-2-3-5-11(10)19-12-9(13(16)17)6-8(14)7-15-12/h2-7H,14H2,1H3,(H,16,17). The number of carbonyl (C=O) groups is 1. The fourth-order valence-electron chi connectivity index (χ4n) is 1.51. The Hall–Kier alpha value is -2.21. The van der Waals surface area contributed by atoms with Gasteiger partial charge in [0.15, 0.2) is 0 Å². The van der Waals surface area contributed by atoms with Crippen LogP contribution in [0.2, 0.25) is 0 Å². The molecule has 0 spiro atoms. The lowest BCUT2D eigenvalue weighted by molar-refractivity contribution is 0.0692. The van der Waals surface area contributed by atoms with Crippen molar-refractivity contribution in [2.45, 2.75) is 9.92 Å². The molecular formula is C13H12N2O3S. The molecule has 0 saturated carbocycles. The number of methoxy groups -OCH3 is 1. The number of anilines is 1. The first-order valence-corrected chi connectivity index (χ1v) is 6.23. The van der Waals surface area contributed by atoms with E-state index in [0.717, 1.165) is 4.90 Å². The van der Waals surface area contributed by atoms with Crippen molar-refractivity contribution in [1.82, 2.24) is 4.98 Å². The molecule has 0 fully saturated rings. The van der Waals surface area contributed by atoms with E-state index in [1.165, 1.54) is 24.0 Å². The van der Waals surface area contributed by atoms with Crippen LogP contribution in [0.15, 0.2) is 46.5 Å². The Balaban J connectivity index is 2.41. The average Bonchev–Trinajstić information content (AvgIpc) is 2.41. The molecular weight excluding hydrogens is 264 g/mol. The van der Waals surface area contributed by atoms with E-state index in [-0.39, 0.29) is 5.56 Å². The van der Waals surface area contributed by atoms with Gasteiger partial charge in [-0.15, -0.1) is 0 Å². The Kier molecular flexibility index (Phi) is 3.91. The Labute approximate surface area is 114 Å². The smallest absolute Gasteiger partial charge is 0.338 e. The minimum Gasteiger partial charge on any atom is -0.496 e. The zero-order valence-corrected chi connectivity index (χ0v) is 11.0. The third-order valence-electron chi connectivity index (χ3n) is 2.38. The minimum absolute atomic E-state index is 0.0795. The Bertz CT molecular complexity index is 617. The first-order valence-electron chi connectivity index (χ1n) is 5.41. The fraction of sp³-hybridized carbons (Fsp3) is 0.0769. The van der Waals surface area contributed by atoms with Gasteiger partial charge < -0.3 is 15.6 Å². The minimum atomic E-state index is -1.06. The summed E-state index contributed by atoms with van der Waals surface area (Å²) in [4.78, 5) is 16.0. The van der Waals surface area contributed by atoms with Gasteiger partial charge in [-0.25, -0.2) is 9.78 Å². The number of aromatic nitrogens is 1. The molecule has 6 heteroatoms. The van der Waals surface area contributed by atoms with E-state index in [1.807, 2.05) is 18.2 Å². The van der Waals surface area contributed by atoms with E-state index in [1.54, 1.807) is 13.2 Å². The third-order valence-corrected chi connectivity index (χ3v) is 3.45. The second-order valence-electron chi connectivity index (χ2n) is 3.68. The van der Waals surface area contributed by atoms with Crippen molar-refractivity contribution in [1.29, 1.82) is 0 Å². The van der Waals surface area contributed by atoms with Crippen LogP contribution in [0.5, 0.6) is 5.75 Å². The quantitative estimate of drug-likeness (QED) is 0.892. The number of carboxylic acid groups (broad SMARTS) is 1. The summed E-state index contributed by atoms with van der Waals surface area (Å²) in [6, 6.07) is 8.74. The van der Waals surface area contributed by atoms with Crippen molar-refractivity contribution in [3.63, 3.8) is 0 Å². The first-order chi connectivity index (χ1) is 9.11. The summed E-state index contributed by atoms with van der Waals surface area (Å²) in [5.41, 5.74) is 5.96. The van der Waals surface area contributed by atoms with E-state index < -0.39 is 5.97 Å². The Morgan fingerprint density at radius 2 is 2.16 bits per heavy atom. The highest BCUT2D eigenvalue weighted by Gasteiger charge is 2.15. The lowest BCUT2D eigenvalue weighted by atomic mass is 10.3. The second-order valence-corrected chi connectivity index (χ2v) is 4.71. The molecule has 19 heavy (non-hydrogen) atoms. The van der Waals surface area contributed by atoms with Gasteiger partial charge >= 0.3 is 5.97 Å². The predicted octanol–water partition coefficient (Wildman–Crippen LogP) is 2.52. The first kappa shape index (κ1) is 13.2. The normalized spacial score (nSPS) is 10.2. The van der Waals surface area contributed by atoms with E-state index >= 15 is 0 Å². The van der Waals surface area contributed by atoms with Gasteiger partial charge in [-0.1, -0.05) is 23.9 Å². The number of para-hydroxylation sites is 1. The van der Waals surface area contributed by atoms with Crippen molar-refractivity contribution in [2.24, 2.45) is 0 Å². The fourth-order valence-corrected chi connectivity index (χ4v) is 2.48. The van der Waals surface area contributed by atoms with Crippen LogP contribution < -0.4 is 10.5 Å². The van der Waals surface area contributed by atoms with E-state index in [2.05, 4.69) is 4.98 Å². The topological polar surface area (TPSA) is 85.4 Å². The number of benzene rings is 1. The molecule has 1 aromatic heterocycles. The monoisotopic (exact) mass is 276 g/mol. The number of nitrogens with two attached hydrogens (primary N) is 1. The number of nitrogen functional groups attached to an aromatic ring is 1. The number of rotatable bonds is 4. The maximum absolute atomic E-state index is 11.2. The van der Waals surface area contributed by atoms with Gasteiger partial charge in [0.1, 0.15) is 10.8 Å². The number of hydrogen-bond donors (Lipinski definition) is 2. The molecule has 0 atom stereocenters. The predicted molar refractivity (Wildman–Crippen MR) is 72.7 cm³/mol. The van der Waals surface area contributed by atoms with Gasteiger partial charge in [0.25, 0.3) is 0 Å². The van der Waals surface area contributed by atoms with Crippen LogP contribution in [0.4, 0.5) is 5.69 Å². The molecule has 2 rings (SSSR count). The molecule has 0 bridgehead atoms. The van der Waals surface area contributed by atoms with Crippen LogP contribution in [0.1, 0.15) is 10.4 Å². The molecule has 1 aromatic carbocycles. The van der Waals surface area contributed by atoms with Crippen LogP contribution in [0.3, 0.4) is 0 Å². The Morgan fingerprint density at radius 3 is 2.84 bits per heavy atom. The number of hydrogen-bond acceptors (Lipinski definition) is 5. The van der Waals surface area contributed by atoms with Crippen LogP contribution in [-0.2, 0) is 0 Å². The summed E-state index contributed by atoms with van der Waals surface area (Å²) in [7, 11) is 1.56. The van der Waals surface area contributed by atoms with Gasteiger partial charge in [-0.3, -0.25) is 0 Å². The molecule has 0 unspecified atom stereocenters. The summed E-state index contributed by atoms with van der Waals surface area (Å²) >= 11 is 1.23. The highest BCUT2D eigenvalue weighted by atomic mass is 32.2. The van der Waals surface area contributed by atoms with Crippen LogP contribution in [-0.4, -0.2) is 23.2 Å². The molecule has 0 radical (unpaired) electrons. The largest absolute Gasteiger partial charge is 0.496 e. The average molecular weight is 276 g/mol. The van der Waals surface area contributed by atoms with E-state index in [4.69, 9.17) is 15.6 Å². The second kappa shape index (κ2) is 5.62. The number of pyridine rings is 1. The van der Waals surface area contributed by atoms with Crippen molar-refractivity contribution >= 4 is 23.4 Å². The highest BCUT2D eigenvalue weighted by Crippen LogP contribution is 2.35. The van der Waals surface area contributed by atoms with Gasteiger partial charge in [-0.05, 0) is 18.2 Å². The Morgan fingerprint density at radius 1 is 1.42 bits per heavy atom. The summed E-state index contributed by atoms with van der Waals surface area (Å²) in [5.74, 6) is -0.389. The molecule has 2 aromatic rings. The molecule has 0 saturated heterocycles. The molecule has 0 aliphatic rings. The number of ether oxygens (including phenoxy) is 1. The highest BCUT2D eigenvalue weighted by molar-refractivity contribution is 7.99. The maximum atomic E-state index is 11.2. The molecule has 1 heterocycles. The zero-order chi connectivity index (χ0) is 13.8. The van der Waals surface area contributed by atoms with E-state index in [9.17, 15) is 4.79 Å². The van der Waals surface area contributed by atoms with E-state index in [0.29, 0.717) is 16.5 Å². The van der Waals surface area contributed by atoms with Gasteiger partial charge in [0.05, 0.1) is 29.5 Å². The summed E-state index contributed by atoms with van der Waals surface area (Å²) in [6.07, 6.45) is 1.43. The van der Waals surface area contributed by atoms with Gasteiger partial charge in [0, 0.05) is 0 Å². The summed E-state index contributed by atoms with van der Waals surface area (Å²) in [6.45, 7) is 0. The zero-order valence-electron chi connectivity index (χ0n) is 10.2. The molecule has 0 aliphatic carbocycles.